The number of rotatable bonds is 16. The van der Waals surface area contributed by atoms with Crippen LogP contribution in [-0.2, 0) is 35.1 Å². The summed E-state index contributed by atoms with van der Waals surface area (Å²) in [6.07, 6.45) is 2.83. The molecule has 2 fully saturated rings. The molecule has 16 heteroatoms. The lowest BCUT2D eigenvalue weighted by molar-refractivity contribution is -0.0500. The maximum atomic E-state index is 12.9. The zero-order chi connectivity index (χ0) is 44.8. The second-order valence-electron chi connectivity index (χ2n) is 16.3. The Kier molecular flexibility index (Phi) is 13.6. The number of pyridine rings is 1. The van der Waals surface area contributed by atoms with Gasteiger partial charge >= 0.3 is 15.6 Å². The molecule has 0 spiro atoms. The number of fused-ring (bicyclic) bond motifs is 1. The summed E-state index contributed by atoms with van der Waals surface area (Å²) < 4.78 is 93.0. The molecule has 4 aromatic carbocycles. The zero-order valence-electron chi connectivity index (χ0n) is 36.0. The Morgan fingerprint density at radius 3 is 2.08 bits per heavy atom. The number of ether oxygens (including phenoxy) is 4. The Labute approximate surface area is 371 Å². The Hall–Kier alpha value is -5.84. The topological polar surface area (TPSA) is 117 Å². The predicted molar refractivity (Wildman–Crippen MR) is 238 cm³/mol. The third-order valence-corrected chi connectivity index (χ3v) is 12.8. The van der Waals surface area contributed by atoms with Gasteiger partial charge in [-0.15, -0.1) is 0 Å². The lowest BCUT2D eigenvalue weighted by atomic mass is 9.94. The minimum absolute atomic E-state index is 0.0694. The largest absolute Gasteiger partial charge is 0.534 e. The molecular formula is C48H52F3N5O7S. The number of piperazine rings is 1. The van der Waals surface area contributed by atoms with E-state index in [9.17, 15) is 21.6 Å². The molecule has 0 unspecified atom stereocenters. The average molecular weight is 900 g/mol. The molecule has 0 amide bonds. The number of aromatic nitrogens is 3. The summed E-state index contributed by atoms with van der Waals surface area (Å²) in [7, 11) is -3.83. The molecule has 1 aliphatic carbocycles. The van der Waals surface area contributed by atoms with E-state index in [4.69, 9.17) is 29.0 Å². The van der Waals surface area contributed by atoms with Gasteiger partial charge in [-0.05, 0) is 87.1 Å². The molecule has 2 aromatic heterocycles. The lowest BCUT2D eigenvalue weighted by Gasteiger charge is -2.39. The van der Waals surface area contributed by atoms with E-state index in [-0.39, 0.29) is 23.8 Å². The highest BCUT2D eigenvalue weighted by Crippen LogP contribution is 2.38. The van der Waals surface area contributed by atoms with E-state index in [1.807, 2.05) is 84.5 Å². The van der Waals surface area contributed by atoms with Crippen molar-refractivity contribution in [2.45, 2.75) is 76.5 Å². The van der Waals surface area contributed by atoms with E-state index in [0.29, 0.717) is 50.2 Å². The normalized spacial score (nSPS) is 17.9. The van der Waals surface area contributed by atoms with Crippen molar-refractivity contribution in [2.75, 3.05) is 37.7 Å². The van der Waals surface area contributed by atoms with Gasteiger partial charge < -0.3 is 28.0 Å². The number of anilines is 1. The fraction of sp³-hybridized carbons (Fsp3) is 0.375. The van der Waals surface area contributed by atoms with Crippen LogP contribution in [-0.4, -0.2) is 84.6 Å². The highest BCUT2D eigenvalue weighted by molar-refractivity contribution is 7.88. The van der Waals surface area contributed by atoms with Gasteiger partial charge in [0, 0.05) is 62.0 Å². The van der Waals surface area contributed by atoms with Crippen molar-refractivity contribution in [2.24, 2.45) is 7.05 Å². The first kappa shape index (κ1) is 44.8. The minimum Gasteiger partial charge on any atom is -0.490 e. The molecule has 0 bridgehead atoms. The Morgan fingerprint density at radius 1 is 0.766 bits per heavy atom. The van der Waals surface area contributed by atoms with Gasteiger partial charge in [0.05, 0.1) is 29.9 Å². The molecule has 1 aliphatic heterocycles. The molecule has 1 saturated carbocycles. The maximum absolute atomic E-state index is 12.9. The second kappa shape index (κ2) is 19.5. The van der Waals surface area contributed by atoms with Crippen molar-refractivity contribution in [1.29, 1.82) is 0 Å². The average Bonchev–Trinajstić information content (AvgIpc) is 3.63. The molecule has 1 saturated heterocycles. The van der Waals surface area contributed by atoms with Crippen LogP contribution in [0.15, 0.2) is 109 Å². The first-order chi connectivity index (χ1) is 30.8. The summed E-state index contributed by atoms with van der Waals surface area (Å²) in [5, 5.41) is 5.98. The molecule has 3 heterocycles. The van der Waals surface area contributed by atoms with Crippen molar-refractivity contribution < 1.29 is 44.7 Å². The monoisotopic (exact) mass is 899 g/mol. The number of hydrogen-bond donors (Lipinski definition) is 0. The number of nitrogens with zero attached hydrogens (tertiary/aromatic N) is 5. The second-order valence-corrected chi connectivity index (χ2v) is 17.8. The Bertz CT molecular complexity index is 2620. The zero-order valence-corrected chi connectivity index (χ0v) is 36.9. The van der Waals surface area contributed by atoms with E-state index < -0.39 is 21.4 Å². The first-order valence-electron chi connectivity index (χ1n) is 21.5. The molecular weight excluding hydrogens is 848 g/mol. The van der Waals surface area contributed by atoms with Crippen LogP contribution in [0.1, 0.15) is 49.3 Å². The van der Waals surface area contributed by atoms with E-state index in [2.05, 4.69) is 39.1 Å². The molecule has 1 atom stereocenters. The molecule has 0 N–H and O–H groups in total. The van der Waals surface area contributed by atoms with Gasteiger partial charge in [-0.25, -0.2) is 0 Å². The SMILES string of the molecule is Cc1c(OC2CCC(OC[C@H](C)N3CCN(c4ccc5c(-c6ccc(OCc7ccccc7)nc6OCc6ccccc6)nn(C)c5c4)CC3)CC2)cccc1OS(=O)(=O)C(F)(F)F. The van der Waals surface area contributed by atoms with Crippen molar-refractivity contribution in [1.82, 2.24) is 19.7 Å². The van der Waals surface area contributed by atoms with Crippen LogP contribution >= 0.6 is 0 Å². The van der Waals surface area contributed by atoms with Gasteiger partial charge in [-0.1, -0.05) is 66.7 Å². The molecule has 0 radical (unpaired) electrons. The molecule has 338 valence electrons. The number of halogens is 3. The highest BCUT2D eigenvalue weighted by Gasteiger charge is 2.49. The fourth-order valence-corrected chi connectivity index (χ4v) is 8.68. The van der Waals surface area contributed by atoms with Crippen molar-refractivity contribution >= 4 is 26.7 Å². The molecule has 6 aromatic rings. The summed E-state index contributed by atoms with van der Waals surface area (Å²) in [5.41, 5.74) is 0.444. The van der Waals surface area contributed by atoms with Crippen LogP contribution in [0.3, 0.4) is 0 Å². The van der Waals surface area contributed by atoms with Crippen molar-refractivity contribution in [3.63, 3.8) is 0 Å². The van der Waals surface area contributed by atoms with E-state index in [1.54, 1.807) is 6.07 Å². The van der Waals surface area contributed by atoms with Gasteiger partial charge in [0.25, 0.3) is 0 Å². The number of aryl methyl sites for hydroxylation is 1. The third kappa shape index (κ3) is 10.6. The van der Waals surface area contributed by atoms with Gasteiger partial charge in [-0.2, -0.15) is 31.7 Å². The van der Waals surface area contributed by atoms with Gasteiger partial charge in [0.1, 0.15) is 30.4 Å². The maximum Gasteiger partial charge on any atom is 0.534 e. The Morgan fingerprint density at radius 2 is 1.41 bits per heavy atom. The predicted octanol–water partition coefficient (Wildman–Crippen LogP) is 9.25. The van der Waals surface area contributed by atoms with Crippen LogP contribution in [0.4, 0.5) is 18.9 Å². The van der Waals surface area contributed by atoms with Crippen LogP contribution in [0.2, 0.25) is 0 Å². The van der Waals surface area contributed by atoms with E-state index in [0.717, 1.165) is 78.0 Å². The van der Waals surface area contributed by atoms with Crippen LogP contribution < -0.4 is 23.3 Å². The smallest absolute Gasteiger partial charge is 0.490 e. The summed E-state index contributed by atoms with van der Waals surface area (Å²) in [4.78, 5) is 9.69. The summed E-state index contributed by atoms with van der Waals surface area (Å²) in [6, 6.07) is 34.7. The summed E-state index contributed by atoms with van der Waals surface area (Å²) in [6.45, 7) is 8.50. The van der Waals surface area contributed by atoms with E-state index >= 15 is 0 Å². The number of alkyl halides is 3. The minimum atomic E-state index is -5.79. The van der Waals surface area contributed by atoms with Crippen LogP contribution in [0.5, 0.6) is 23.3 Å². The van der Waals surface area contributed by atoms with Crippen LogP contribution in [0, 0.1) is 6.92 Å². The van der Waals surface area contributed by atoms with Crippen molar-refractivity contribution in [3.8, 4) is 34.5 Å². The number of hydrogen-bond acceptors (Lipinski definition) is 11. The van der Waals surface area contributed by atoms with Gasteiger partial charge in [0.2, 0.25) is 11.8 Å². The first-order valence-corrected chi connectivity index (χ1v) is 22.9. The number of benzene rings is 4. The molecule has 12 nitrogen and oxygen atoms in total. The Balaban J connectivity index is 0.844. The van der Waals surface area contributed by atoms with Crippen molar-refractivity contribution in [3.05, 3.63) is 126 Å². The van der Waals surface area contributed by atoms with Gasteiger partial charge in [-0.3, -0.25) is 9.58 Å². The standard InChI is InChI=1S/C48H52F3N5O7S/c1-33(30-59-38-18-20-39(21-19-38)62-43-15-10-16-44(34(43)2)63-64(57,58)48(49,50)51)55-25-27-56(28-26-55)37-17-22-40-42(29-37)54(3)53-46(40)41-23-24-45(60-31-35-11-6-4-7-12-35)52-47(41)61-32-36-13-8-5-9-14-36/h4-17,22-24,29,33,38-39H,18-21,25-28,30-32H2,1-3H3/t33-,38?,39?/m0/s1. The molecule has 2 aliphatic rings. The summed E-state index contributed by atoms with van der Waals surface area (Å²) >= 11 is 0. The summed E-state index contributed by atoms with van der Waals surface area (Å²) in [5.74, 6) is 0.803. The molecule has 8 rings (SSSR count). The quantitative estimate of drug-likeness (QED) is 0.0684. The third-order valence-electron chi connectivity index (χ3n) is 11.9. The fourth-order valence-electron chi connectivity index (χ4n) is 8.17. The van der Waals surface area contributed by atoms with Gasteiger partial charge in [0.15, 0.2) is 0 Å². The lowest BCUT2D eigenvalue weighted by Crippen LogP contribution is -2.51. The highest BCUT2D eigenvalue weighted by atomic mass is 32.2. The molecule has 64 heavy (non-hydrogen) atoms. The van der Waals surface area contributed by atoms with E-state index in [1.165, 1.54) is 19.1 Å². The van der Waals surface area contributed by atoms with Crippen LogP contribution in [0.25, 0.3) is 22.2 Å².